The summed E-state index contributed by atoms with van der Waals surface area (Å²) in [6, 6.07) is 13.3. The van der Waals surface area contributed by atoms with Crippen LogP contribution in [0.25, 0.3) is 10.6 Å². The molecule has 0 unspecified atom stereocenters. The maximum atomic E-state index is 13.2. The van der Waals surface area contributed by atoms with Gasteiger partial charge < -0.3 is 14.4 Å². The minimum Gasteiger partial charge on any atom is -0.493 e. The Morgan fingerprint density at radius 2 is 1.79 bits per heavy atom. The smallest absolute Gasteiger partial charge is 0.273 e. The lowest BCUT2D eigenvalue weighted by Crippen LogP contribution is -2.49. The highest BCUT2D eigenvalue weighted by molar-refractivity contribution is 7.13. The molecule has 1 aliphatic heterocycles. The quantitative estimate of drug-likeness (QED) is 0.547. The van der Waals surface area contributed by atoms with Gasteiger partial charge >= 0.3 is 0 Å². The number of aromatic nitrogens is 1. The zero-order valence-corrected chi connectivity index (χ0v) is 19.1. The molecule has 3 aromatic rings. The Morgan fingerprint density at radius 1 is 1.09 bits per heavy atom. The first-order chi connectivity index (χ1) is 16.0. The second-order valence-corrected chi connectivity index (χ2v) is 8.38. The number of benzene rings is 2. The summed E-state index contributed by atoms with van der Waals surface area (Å²) in [4.78, 5) is 21.3. The fourth-order valence-electron chi connectivity index (χ4n) is 3.83. The van der Waals surface area contributed by atoms with E-state index in [1.807, 2.05) is 23.1 Å². The van der Waals surface area contributed by atoms with Crippen molar-refractivity contribution in [2.24, 2.45) is 0 Å². The lowest BCUT2D eigenvalue weighted by atomic mass is 10.1. The fourth-order valence-corrected chi connectivity index (χ4v) is 4.62. The van der Waals surface area contributed by atoms with Gasteiger partial charge in [-0.2, -0.15) is 5.26 Å². The number of nitriles is 1. The van der Waals surface area contributed by atoms with Gasteiger partial charge in [-0.15, -0.1) is 11.3 Å². The number of ether oxygens (including phenoxy) is 2. The molecule has 1 aliphatic rings. The molecule has 1 fully saturated rings. The lowest BCUT2D eigenvalue weighted by Gasteiger charge is -2.36. The molecular formula is C24H23FN4O3S. The van der Waals surface area contributed by atoms with Crippen molar-refractivity contribution in [1.82, 2.24) is 14.8 Å². The number of amides is 1. The molecule has 0 aliphatic carbocycles. The molecule has 0 saturated carbocycles. The normalized spacial score (nSPS) is 15.0. The summed E-state index contributed by atoms with van der Waals surface area (Å²) in [5.41, 5.74) is 1.99. The van der Waals surface area contributed by atoms with Gasteiger partial charge in [-0.3, -0.25) is 9.69 Å². The second-order valence-electron chi connectivity index (χ2n) is 7.52. The minimum atomic E-state index is -0.473. The largest absolute Gasteiger partial charge is 0.493 e. The Labute approximate surface area is 195 Å². The van der Waals surface area contributed by atoms with Gasteiger partial charge in [0.2, 0.25) is 0 Å². The maximum absolute atomic E-state index is 13.2. The topological polar surface area (TPSA) is 78.7 Å². The predicted molar refractivity (Wildman–Crippen MR) is 123 cm³/mol. The van der Waals surface area contributed by atoms with Crippen LogP contribution in [0.5, 0.6) is 11.5 Å². The Morgan fingerprint density at radius 3 is 2.42 bits per heavy atom. The number of piperazine rings is 1. The summed E-state index contributed by atoms with van der Waals surface area (Å²) < 4.78 is 23.9. The van der Waals surface area contributed by atoms with Crippen LogP contribution in [0.4, 0.5) is 4.39 Å². The summed E-state index contributed by atoms with van der Waals surface area (Å²) >= 11 is 1.40. The van der Waals surface area contributed by atoms with E-state index >= 15 is 0 Å². The molecule has 4 rings (SSSR count). The number of hydrogen-bond donors (Lipinski definition) is 0. The van der Waals surface area contributed by atoms with Crippen molar-refractivity contribution < 1.29 is 18.7 Å². The highest BCUT2D eigenvalue weighted by Gasteiger charge is 2.28. The first-order valence-corrected chi connectivity index (χ1v) is 11.3. The molecule has 170 valence electrons. The Hall–Kier alpha value is -3.48. The summed E-state index contributed by atoms with van der Waals surface area (Å²) in [5.74, 6) is 0.764. The van der Waals surface area contributed by atoms with E-state index in [-0.39, 0.29) is 11.7 Å². The Kier molecular flexibility index (Phi) is 6.87. The standard InChI is InChI=1S/C24H23FN4O3S/c1-31-21-8-5-17(13-22(21)32-2)23-27-19(15-33-23)24(30)29-11-9-28(10-12-29)20(14-26)16-3-6-18(25)7-4-16/h3-8,13,15,20H,9-12H2,1-2H3/t20-/m1/s1. The molecule has 9 heteroatoms. The highest BCUT2D eigenvalue weighted by Crippen LogP contribution is 2.33. The monoisotopic (exact) mass is 466 g/mol. The van der Waals surface area contributed by atoms with Gasteiger partial charge in [-0.1, -0.05) is 12.1 Å². The van der Waals surface area contributed by atoms with Crippen LogP contribution in [0, 0.1) is 17.1 Å². The van der Waals surface area contributed by atoms with E-state index in [4.69, 9.17) is 9.47 Å². The van der Waals surface area contributed by atoms with Crippen LogP contribution in [-0.2, 0) is 0 Å². The molecule has 0 bridgehead atoms. The molecule has 0 radical (unpaired) electrons. The number of thiazole rings is 1. The number of methoxy groups -OCH3 is 2. The van der Waals surface area contributed by atoms with Crippen molar-refractivity contribution in [1.29, 1.82) is 5.26 Å². The molecule has 0 N–H and O–H groups in total. The van der Waals surface area contributed by atoms with E-state index in [0.717, 1.165) is 16.1 Å². The van der Waals surface area contributed by atoms with Crippen LogP contribution < -0.4 is 9.47 Å². The maximum Gasteiger partial charge on any atom is 0.273 e. The van der Waals surface area contributed by atoms with Gasteiger partial charge in [0, 0.05) is 37.1 Å². The first-order valence-electron chi connectivity index (χ1n) is 10.4. The van der Waals surface area contributed by atoms with Crippen molar-refractivity contribution in [2.75, 3.05) is 40.4 Å². The summed E-state index contributed by atoms with van der Waals surface area (Å²) in [5, 5.41) is 12.1. The third-order valence-electron chi connectivity index (χ3n) is 5.63. The summed E-state index contributed by atoms with van der Waals surface area (Å²) in [7, 11) is 3.15. The highest BCUT2D eigenvalue weighted by atomic mass is 32.1. The molecule has 2 aromatic carbocycles. The molecule has 2 heterocycles. The van der Waals surface area contributed by atoms with Crippen molar-refractivity contribution in [3.8, 4) is 28.1 Å². The third kappa shape index (κ3) is 4.82. The number of rotatable bonds is 6. The van der Waals surface area contributed by atoms with Crippen molar-refractivity contribution in [3.63, 3.8) is 0 Å². The SMILES string of the molecule is COc1ccc(-c2nc(C(=O)N3CCN([C@H](C#N)c4ccc(F)cc4)CC3)cs2)cc1OC. The zero-order chi connectivity index (χ0) is 23.4. The van der Waals surface area contributed by atoms with Crippen LogP contribution in [-0.4, -0.2) is 61.1 Å². The zero-order valence-electron chi connectivity index (χ0n) is 18.3. The summed E-state index contributed by atoms with van der Waals surface area (Å²) in [6.07, 6.45) is 0. The molecule has 1 amide bonds. The van der Waals surface area contributed by atoms with Crippen LogP contribution >= 0.6 is 11.3 Å². The minimum absolute atomic E-state index is 0.132. The van der Waals surface area contributed by atoms with E-state index in [2.05, 4.69) is 11.1 Å². The fraction of sp³-hybridized carbons (Fsp3) is 0.292. The van der Waals surface area contributed by atoms with Gasteiger partial charge in [-0.05, 0) is 35.9 Å². The first kappa shape index (κ1) is 22.7. The number of carbonyl (C=O) groups excluding carboxylic acids is 1. The average molecular weight is 467 g/mol. The van der Waals surface area contributed by atoms with Crippen LogP contribution in [0.1, 0.15) is 22.1 Å². The Bertz CT molecular complexity index is 1170. The molecule has 1 atom stereocenters. The molecular weight excluding hydrogens is 443 g/mol. The number of hydrogen-bond acceptors (Lipinski definition) is 7. The van der Waals surface area contributed by atoms with Gasteiger partial charge in [0.1, 0.15) is 22.6 Å². The summed E-state index contributed by atoms with van der Waals surface area (Å²) in [6.45, 7) is 2.07. The van der Waals surface area contributed by atoms with Crippen molar-refractivity contribution in [2.45, 2.75) is 6.04 Å². The van der Waals surface area contributed by atoms with E-state index in [1.165, 1.54) is 23.5 Å². The Balaban J connectivity index is 1.42. The molecule has 33 heavy (non-hydrogen) atoms. The predicted octanol–water partition coefficient (Wildman–Crippen LogP) is 3.99. The molecule has 0 spiro atoms. The van der Waals surface area contributed by atoms with Gasteiger partial charge in [0.25, 0.3) is 5.91 Å². The van der Waals surface area contributed by atoms with E-state index in [0.29, 0.717) is 43.4 Å². The van der Waals surface area contributed by atoms with E-state index < -0.39 is 6.04 Å². The van der Waals surface area contributed by atoms with Crippen molar-refractivity contribution >= 4 is 17.2 Å². The number of carbonyl (C=O) groups is 1. The second kappa shape index (κ2) is 9.98. The molecule has 1 aromatic heterocycles. The van der Waals surface area contributed by atoms with Gasteiger partial charge in [0.05, 0.1) is 20.3 Å². The van der Waals surface area contributed by atoms with E-state index in [1.54, 1.807) is 36.6 Å². The molecule has 1 saturated heterocycles. The lowest BCUT2D eigenvalue weighted by molar-refractivity contribution is 0.0601. The van der Waals surface area contributed by atoms with Crippen LogP contribution in [0.2, 0.25) is 0 Å². The average Bonchev–Trinajstić information content (AvgIpc) is 3.35. The molecule has 7 nitrogen and oxygen atoms in total. The van der Waals surface area contributed by atoms with E-state index in [9.17, 15) is 14.4 Å². The van der Waals surface area contributed by atoms with Crippen molar-refractivity contribution in [3.05, 3.63) is 64.9 Å². The van der Waals surface area contributed by atoms with Crippen LogP contribution in [0.3, 0.4) is 0 Å². The number of halogens is 1. The van der Waals surface area contributed by atoms with Gasteiger partial charge in [0.15, 0.2) is 11.5 Å². The third-order valence-corrected chi connectivity index (χ3v) is 6.52. The number of nitrogens with zero attached hydrogens (tertiary/aromatic N) is 4. The van der Waals surface area contributed by atoms with Gasteiger partial charge in [-0.25, -0.2) is 9.37 Å². The van der Waals surface area contributed by atoms with Crippen LogP contribution in [0.15, 0.2) is 47.8 Å².